The maximum absolute atomic E-state index is 12.6. The molecule has 1 unspecified atom stereocenters. The van der Waals surface area contributed by atoms with Crippen molar-refractivity contribution in [2.24, 2.45) is 0 Å². The van der Waals surface area contributed by atoms with Gasteiger partial charge in [0, 0.05) is 25.2 Å². The summed E-state index contributed by atoms with van der Waals surface area (Å²) in [4.78, 5) is 10.3. The van der Waals surface area contributed by atoms with Gasteiger partial charge in [0.2, 0.25) is 10.0 Å². The average molecular weight is 415 g/mol. The molecule has 7 nitrogen and oxygen atoms in total. The van der Waals surface area contributed by atoms with Crippen molar-refractivity contribution >= 4 is 44.0 Å². The van der Waals surface area contributed by atoms with Gasteiger partial charge in [-0.05, 0) is 48.0 Å². The van der Waals surface area contributed by atoms with Crippen LogP contribution in [0.4, 0.5) is 5.69 Å². The summed E-state index contributed by atoms with van der Waals surface area (Å²) in [6.07, 6.45) is 1.73. The molecular weight excluding hydrogens is 398 g/mol. The summed E-state index contributed by atoms with van der Waals surface area (Å²) < 4.78 is 26.8. The summed E-state index contributed by atoms with van der Waals surface area (Å²) in [5.41, 5.74) is -0.152. The van der Waals surface area contributed by atoms with E-state index in [0.717, 1.165) is 12.8 Å². The van der Waals surface area contributed by atoms with Crippen LogP contribution in [0.1, 0.15) is 12.8 Å². The maximum Gasteiger partial charge on any atom is 0.283 e. The summed E-state index contributed by atoms with van der Waals surface area (Å²) >= 11 is 3.05. The maximum atomic E-state index is 12.6. The molecule has 0 amide bonds. The van der Waals surface area contributed by atoms with Crippen LogP contribution in [0, 0.1) is 10.1 Å². The first-order valence-electron chi connectivity index (χ1n) is 6.47. The van der Waals surface area contributed by atoms with E-state index in [4.69, 9.17) is 0 Å². The molecule has 10 heteroatoms. The number of rotatable bonds is 4. The zero-order valence-electron chi connectivity index (χ0n) is 11.9. The summed E-state index contributed by atoms with van der Waals surface area (Å²) in [5.74, 6) is 0. The molecule has 0 aliphatic carbocycles. The van der Waals surface area contributed by atoms with Crippen LogP contribution in [0.2, 0.25) is 0 Å². The van der Waals surface area contributed by atoms with E-state index in [-0.39, 0.29) is 33.5 Å². The van der Waals surface area contributed by atoms with Crippen molar-refractivity contribution in [1.82, 2.24) is 9.62 Å². The Labute approximate surface area is 143 Å². The molecule has 1 aromatic rings. The van der Waals surface area contributed by atoms with Crippen molar-refractivity contribution in [2.45, 2.75) is 23.8 Å². The second-order valence-corrected chi connectivity index (χ2v) is 7.65. The monoisotopic (exact) mass is 413 g/mol. The number of hydrogen-bond acceptors (Lipinski definition) is 5. The van der Waals surface area contributed by atoms with E-state index < -0.39 is 14.9 Å². The molecular formula is C12H17BrClN3O4S. The van der Waals surface area contributed by atoms with E-state index in [2.05, 4.69) is 21.2 Å². The van der Waals surface area contributed by atoms with Crippen LogP contribution in [-0.2, 0) is 10.0 Å². The Morgan fingerprint density at radius 1 is 1.45 bits per heavy atom. The third-order valence-corrected chi connectivity index (χ3v) is 6.04. The fraction of sp³-hybridized carbons (Fsp3) is 0.500. The predicted molar refractivity (Wildman–Crippen MR) is 88.9 cm³/mol. The van der Waals surface area contributed by atoms with Crippen molar-refractivity contribution in [3.8, 4) is 0 Å². The molecule has 0 aromatic heterocycles. The normalized spacial score (nSPS) is 19.5. The zero-order valence-corrected chi connectivity index (χ0v) is 15.1. The van der Waals surface area contributed by atoms with Gasteiger partial charge < -0.3 is 5.32 Å². The summed E-state index contributed by atoms with van der Waals surface area (Å²) in [6.45, 7) is 0.878. The standard InChI is InChI=1S/C12H16BrN3O4S.ClH/c1-14-9-3-2-6-15(8-9)21(19,20)10-4-5-12(16(17)18)11(13)7-10;/h4-5,7,9,14H,2-3,6,8H2,1H3;1H. The van der Waals surface area contributed by atoms with Gasteiger partial charge in [-0.15, -0.1) is 12.4 Å². The third-order valence-electron chi connectivity index (χ3n) is 3.55. The fourth-order valence-corrected chi connectivity index (χ4v) is 4.57. The average Bonchev–Trinajstić information content (AvgIpc) is 2.46. The highest BCUT2D eigenvalue weighted by molar-refractivity contribution is 9.10. The van der Waals surface area contributed by atoms with Crippen LogP contribution in [0.5, 0.6) is 0 Å². The highest BCUT2D eigenvalue weighted by Gasteiger charge is 2.30. The van der Waals surface area contributed by atoms with Gasteiger partial charge in [0.15, 0.2) is 0 Å². The van der Waals surface area contributed by atoms with Crippen molar-refractivity contribution in [3.05, 3.63) is 32.8 Å². The summed E-state index contributed by atoms with van der Waals surface area (Å²) in [7, 11) is -1.82. The first-order valence-corrected chi connectivity index (χ1v) is 8.71. The van der Waals surface area contributed by atoms with Crippen molar-refractivity contribution in [3.63, 3.8) is 0 Å². The molecule has 0 saturated carbocycles. The SMILES string of the molecule is CNC1CCCN(S(=O)(=O)c2ccc([N+](=O)[O-])c(Br)c2)C1.Cl. The lowest BCUT2D eigenvalue weighted by Crippen LogP contribution is -2.46. The number of nitrogens with zero attached hydrogens (tertiary/aromatic N) is 2. The quantitative estimate of drug-likeness (QED) is 0.602. The van der Waals surface area contributed by atoms with Crippen LogP contribution in [-0.4, -0.2) is 43.8 Å². The number of benzene rings is 1. The highest BCUT2D eigenvalue weighted by Crippen LogP contribution is 2.29. The fourth-order valence-electron chi connectivity index (χ4n) is 2.34. The Morgan fingerprint density at radius 2 is 2.14 bits per heavy atom. The van der Waals surface area contributed by atoms with Gasteiger partial charge in [0.25, 0.3) is 5.69 Å². The van der Waals surface area contributed by atoms with E-state index in [1.54, 1.807) is 0 Å². The number of piperidine rings is 1. The van der Waals surface area contributed by atoms with E-state index in [1.807, 2.05) is 7.05 Å². The first kappa shape index (κ1) is 19.3. The Balaban J connectivity index is 0.00000242. The smallest absolute Gasteiger partial charge is 0.283 e. The van der Waals surface area contributed by atoms with Crippen LogP contribution in [0.25, 0.3) is 0 Å². The van der Waals surface area contributed by atoms with Gasteiger partial charge in [-0.25, -0.2) is 8.42 Å². The largest absolute Gasteiger partial charge is 0.316 e. The lowest BCUT2D eigenvalue weighted by Gasteiger charge is -2.31. The molecule has 1 aliphatic heterocycles. The molecule has 124 valence electrons. The molecule has 1 fully saturated rings. The lowest BCUT2D eigenvalue weighted by atomic mass is 10.1. The van der Waals surface area contributed by atoms with Crippen LogP contribution in [0.15, 0.2) is 27.6 Å². The van der Waals surface area contributed by atoms with E-state index in [9.17, 15) is 18.5 Å². The van der Waals surface area contributed by atoms with E-state index >= 15 is 0 Å². The second kappa shape index (κ2) is 7.69. The van der Waals surface area contributed by atoms with Crippen LogP contribution >= 0.6 is 28.3 Å². The number of sulfonamides is 1. The highest BCUT2D eigenvalue weighted by atomic mass is 79.9. The topological polar surface area (TPSA) is 92.6 Å². The summed E-state index contributed by atoms with van der Waals surface area (Å²) in [5, 5.41) is 13.9. The van der Waals surface area contributed by atoms with Crippen molar-refractivity contribution < 1.29 is 13.3 Å². The van der Waals surface area contributed by atoms with Gasteiger partial charge >= 0.3 is 0 Å². The molecule has 1 saturated heterocycles. The Kier molecular flexibility index (Phi) is 6.75. The lowest BCUT2D eigenvalue weighted by molar-refractivity contribution is -0.385. The second-order valence-electron chi connectivity index (χ2n) is 4.86. The molecule has 0 spiro atoms. The molecule has 1 aromatic carbocycles. The summed E-state index contributed by atoms with van der Waals surface area (Å²) in [6, 6.07) is 3.91. The number of nitro benzene ring substituents is 1. The Morgan fingerprint density at radius 3 is 2.68 bits per heavy atom. The molecule has 2 rings (SSSR count). The number of nitrogens with one attached hydrogen (secondary N) is 1. The van der Waals surface area contributed by atoms with Crippen molar-refractivity contribution in [1.29, 1.82) is 0 Å². The Bertz CT molecular complexity index is 656. The number of nitro groups is 1. The van der Waals surface area contributed by atoms with E-state index in [0.29, 0.717) is 13.1 Å². The van der Waals surface area contributed by atoms with Crippen LogP contribution < -0.4 is 5.32 Å². The molecule has 1 atom stereocenters. The molecule has 0 bridgehead atoms. The minimum absolute atomic E-state index is 0. The molecule has 0 radical (unpaired) electrons. The van der Waals surface area contributed by atoms with Crippen molar-refractivity contribution in [2.75, 3.05) is 20.1 Å². The van der Waals surface area contributed by atoms with E-state index in [1.165, 1.54) is 22.5 Å². The first-order chi connectivity index (χ1) is 9.86. The zero-order chi connectivity index (χ0) is 15.6. The van der Waals surface area contributed by atoms with Gasteiger partial charge in [0.05, 0.1) is 14.3 Å². The van der Waals surface area contributed by atoms with Gasteiger partial charge in [0.1, 0.15) is 0 Å². The minimum atomic E-state index is -3.63. The molecule has 1 aliphatic rings. The predicted octanol–water partition coefficient (Wildman–Crippen LogP) is 2.15. The number of hydrogen-bond donors (Lipinski definition) is 1. The van der Waals surface area contributed by atoms with Gasteiger partial charge in [-0.3, -0.25) is 10.1 Å². The van der Waals surface area contributed by atoms with Gasteiger partial charge in [-0.2, -0.15) is 4.31 Å². The number of halogens is 2. The molecule has 1 heterocycles. The third kappa shape index (κ3) is 3.96. The Hall–Kier alpha value is -0.740. The van der Waals surface area contributed by atoms with Gasteiger partial charge in [-0.1, -0.05) is 0 Å². The number of likely N-dealkylation sites (N-methyl/N-ethyl adjacent to an activating group) is 1. The molecule has 1 N–H and O–H groups in total. The van der Waals surface area contributed by atoms with Crippen LogP contribution in [0.3, 0.4) is 0 Å². The minimum Gasteiger partial charge on any atom is -0.316 e. The molecule has 22 heavy (non-hydrogen) atoms.